The largest absolute Gasteiger partial charge is 0.331 e. The van der Waals surface area contributed by atoms with E-state index in [0.29, 0.717) is 23.4 Å². The second-order valence-electron chi connectivity index (χ2n) is 6.58. The van der Waals surface area contributed by atoms with Crippen LogP contribution in [0.2, 0.25) is 0 Å². The first-order chi connectivity index (χ1) is 13.2. The number of fused-ring (bicyclic) bond motifs is 1. The first kappa shape index (κ1) is 20.0. The van der Waals surface area contributed by atoms with E-state index in [0.717, 1.165) is 9.82 Å². The zero-order valence-corrected chi connectivity index (χ0v) is 16.6. The number of halogens is 1. The molecule has 0 atom stereocenters. The van der Waals surface area contributed by atoms with Gasteiger partial charge in [0.05, 0.1) is 15.9 Å². The number of carbonyl (C=O) groups excluding carboxylic acids is 1. The Morgan fingerprint density at radius 2 is 1.96 bits per heavy atom. The minimum absolute atomic E-state index is 0.163. The molecule has 1 amide bonds. The van der Waals surface area contributed by atoms with Gasteiger partial charge in [-0.15, -0.1) is 0 Å². The molecule has 0 radical (unpaired) electrons. The maximum Gasteiger partial charge on any atom is 0.242 e. The van der Waals surface area contributed by atoms with Gasteiger partial charge in [-0.3, -0.25) is 4.79 Å². The van der Waals surface area contributed by atoms with Gasteiger partial charge in [-0.1, -0.05) is 6.07 Å². The summed E-state index contributed by atoms with van der Waals surface area (Å²) in [6.45, 7) is 0. The van der Waals surface area contributed by atoms with Crippen molar-refractivity contribution in [3.8, 4) is 0 Å². The van der Waals surface area contributed by atoms with Crippen molar-refractivity contribution in [2.75, 3.05) is 19.4 Å². The Labute approximate surface area is 162 Å². The highest BCUT2D eigenvalue weighted by molar-refractivity contribution is 7.89. The molecule has 9 heteroatoms. The number of carbonyl (C=O) groups is 1. The molecule has 1 aromatic heterocycles. The van der Waals surface area contributed by atoms with E-state index in [9.17, 15) is 17.6 Å². The van der Waals surface area contributed by atoms with Crippen LogP contribution < -0.4 is 5.32 Å². The molecule has 0 unspecified atom stereocenters. The van der Waals surface area contributed by atoms with Crippen molar-refractivity contribution in [3.05, 3.63) is 54.1 Å². The number of hydrogen-bond acceptors (Lipinski definition) is 4. The average molecular weight is 404 g/mol. The first-order valence-electron chi connectivity index (χ1n) is 8.62. The van der Waals surface area contributed by atoms with Crippen LogP contribution in [0.3, 0.4) is 0 Å². The van der Waals surface area contributed by atoms with Crippen molar-refractivity contribution in [1.82, 2.24) is 13.9 Å². The molecule has 0 saturated carbocycles. The highest BCUT2D eigenvalue weighted by Crippen LogP contribution is 2.22. The predicted molar refractivity (Wildman–Crippen MR) is 105 cm³/mol. The van der Waals surface area contributed by atoms with E-state index in [1.54, 1.807) is 18.2 Å². The van der Waals surface area contributed by atoms with E-state index in [1.165, 1.54) is 38.4 Å². The standard InChI is InChI=1S/C19H21FN4O3S/c1-23(2)28(26,27)15-7-8-17-16(12-15)22-18(24(17)3)9-10-19(25)21-14-6-4-5-13(20)11-14/h4-8,11-12H,9-10H2,1-3H3,(H,21,25). The van der Waals surface area contributed by atoms with Crippen molar-refractivity contribution in [2.24, 2.45) is 7.05 Å². The van der Waals surface area contributed by atoms with Crippen LogP contribution in [0.25, 0.3) is 11.0 Å². The summed E-state index contributed by atoms with van der Waals surface area (Å²) in [6.07, 6.45) is 0.526. The lowest BCUT2D eigenvalue weighted by Crippen LogP contribution is -2.22. The summed E-state index contributed by atoms with van der Waals surface area (Å²) in [5.74, 6) is -0.0195. The first-order valence-corrected chi connectivity index (χ1v) is 10.1. The molecule has 0 aliphatic heterocycles. The van der Waals surface area contributed by atoms with Crippen LogP contribution in [-0.4, -0.2) is 42.3 Å². The Bertz CT molecular complexity index is 1140. The van der Waals surface area contributed by atoms with Gasteiger partial charge in [0.2, 0.25) is 15.9 Å². The molecule has 7 nitrogen and oxygen atoms in total. The summed E-state index contributed by atoms with van der Waals surface area (Å²) in [5, 5.41) is 2.65. The number of nitrogens with zero attached hydrogens (tertiary/aromatic N) is 3. The van der Waals surface area contributed by atoms with Crippen molar-refractivity contribution in [2.45, 2.75) is 17.7 Å². The van der Waals surface area contributed by atoms with Crippen molar-refractivity contribution in [1.29, 1.82) is 0 Å². The summed E-state index contributed by atoms with van der Waals surface area (Å²) in [4.78, 5) is 16.8. The van der Waals surface area contributed by atoms with Gasteiger partial charge in [-0.2, -0.15) is 0 Å². The Morgan fingerprint density at radius 3 is 2.64 bits per heavy atom. The minimum Gasteiger partial charge on any atom is -0.331 e. The third-order valence-corrected chi connectivity index (χ3v) is 6.22. The number of amides is 1. The number of aromatic nitrogens is 2. The molecule has 2 aromatic carbocycles. The number of sulfonamides is 1. The van der Waals surface area contributed by atoms with Crippen molar-refractivity contribution in [3.63, 3.8) is 0 Å². The van der Waals surface area contributed by atoms with Crippen LogP contribution in [0.1, 0.15) is 12.2 Å². The monoisotopic (exact) mass is 404 g/mol. The van der Waals surface area contributed by atoms with Crippen LogP contribution in [0.5, 0.6) is 0 Å². The Balaban J connectivity index is 1.76. The van der Waals surface area contributed by atoms with Gasteiger partial charge in [-0.05, 0) is 36.4 Å². The lowest BCUT2D eigenvalue weighted by atomic mass is 10.2. The van der Waals surface area contributed by atoms with E-state index < -0.39 is 15.8 Å². The smallest absolute Gasteiger partial charge is 0.242 e. The number of benzene rings is 2. The van der Waals surface area contributed by atoms with E-state index >= 15 is 0 Å². The number of aryl methyl sites for hydroxylation is 2. The second-order valence-corrected chi connectivity index (χ2v) is 8.74. The second kappa shape index (κ2) is 7.69. The van der Waals surface area contributed by atoms with E-state index in [4.69, 9.17) is 0 Å². The van der Waals surface area contributed by atoms with Crippen molar-refractivity contribution < 1.29 is 17.6 Å². The lowest BCUT2D eigenvalue weighted by Gasteiger charge is -2.10. The molecule has 0 bridgehead atoms. The van der Waals surface area contributed by atoms with E-state index in [2.05, 4.69) is 10.3 Å². The van der Waals surface area contributed by atoms with Gasteiger partial charge in [0.1, 0.15) is 11.6 Å². The van der Waals surface area contributed by atoms with Gasteiger partial charge in [0.25, 0.3) is 0 Å². The Hall–Kier alpha value is -2.78. The molecule has 3 rings (SSSR count). The van der Waals surface area contributed by atoms with Gasteiger partial charge in [-0.25, -0.2) is 22.1 Å². The van der Waals surface area contributed by atoms with E-state index in [1.807, 2.05) is 11.6 Å². The number of hydrogen-bond donors (Lipinski definition) is 1. The van der Waals surface area contributed by atoms with Crippen LogP contribution in [0.4, 0.5) is 10.1 Å². The fraction of sp³-hybridized carbons (Fsp3) is 0.263. The summed E-state index contributed by atoms with van der Waals surface area (Å²) in [6, 6.07) is 10.5. The molecule has 1 heterocycles. The summed E-state index contributed by atoms with van der Waals surface area (Å²) in [7, 11) is 1.21. The molecular formula is C19H21FN4O3S. The topological polar surface area (TPSA) is 84.3 Å². The van der Waals surface area contributed by atoms with Gasteiger partial charge < -0.3 is 9.88 Å². The fourth-order valence-electron chi connectivity index (χ4n) is 2.84. The third-order valence-electron chi connectivity index (χ3n) is 4.41. The third kappa shape index (κ3) is 4.05. The zero-order chi connectivity index (χ0) is 20.5. The molecule has 0 saturated heterocycles. The SMILES string of the molecule is CN(C)S(=O)(=O)c1ccc2c(c1)nc(CCC(=O)Nc1cccc(F)c1)n2C. The fourth-order valence-corrected chi connectivity index (χ4v) is 3.76. The normalized spacial score (nSPS) is 11.9. The van der Waals surface area contributed by atoms with Crippen LogP contribution in [0, 0.1) is 5.82 Å². The van der Waals surface area contributed by atoms with Gasteiger partial charge in [0.15, 0.2) is 0 Å². The molecule has 28 heavy (non-hydrogen) atoms. The lowest BCUT2D eigenvalue weighted by molar-refractivity contribution is -0.116. The molecule has 148 valence electrons. The van der Waals surface area contributed by atoms with Crippen LogP contribution in [-0.2, 0) is 28.3 Å². The Morgan fingerprint density at radius 1 is 1.21 bits per heavy atom. The highest BCUT2D eigenvalue weighted by atomic mass is 32.2. The molecule has 0 spiro atoms. The summed E-state index contributed by atoms with van der Waals surface area (Å²) < 4.78 is 40.8. The predicted octanol–water partition coefficient (Wildman–Crippen LogP) is 2.53. The molecular weight excluding hydrogens is 383 g/mol. The quantitative estimate of drug-likeness (QED) is 0.684. The summed E-state index contributed by atoms with van der Waals surface area (Å²) >= 11 is 0. The van der Waals surface area contributed by atoms with E-state index in [-0.39, 0.29) is 17.2 Å². The molecule has 0 aliphatic carbocycles. The zero-order valence-electron chi connectivity index (χ0n) is 15.8. The van der Waals surface area contributed by atoms with Gasteiger partial charge in [0, 0.05) is 39.7 Å². The maximum absolute atomic E-state index is 13.2. The average Bonchev–Trinajstić information content (AvgIpc) is 2.95. The number of rotatable bonds is 6. The molecule has 3 aromatic rings. The van der Waals surface area contributed by atoms with Crippen LogP contribution in [0.15, 0.2) is 47.4 Å². The number of nitrogens with one attached hydrogen (secondary N) is 1. The molecule has 0 fully saturated rings. The number of anilines is 1. The van der Waals surface area contributed by atoms with Crippen molar-refractivity contribution >= 4 is 32.7 Å². The van der Waals surface area contributed by atoms with Gasteiger partial charge >= 0.3 is 0 Å². The minimum atomic E-state index is -3.55. The maximum atomic E-state index is 13.2. The molecule has 1 N–H and O–H groups in total. The Kier molecular flexibility index (Phi) is 5.48. The highest BCUT2D eigenvalue weighted by Gasteiger charge is 2.19. The molecule has 0 aliphatic rings. The van der Waals surface area contributed by atoms with Crippen LogP contribution >= 0.6 is 0 Å². The number of imidazole rings is 1. The summed E-state index contributed by atoms with van der Waals surface area (Å²) in [5.41, 5.74) is 1.72.